The fraction of sp³-hybridized carbons (Fsp3) is 0.143. The largest absolute Gasteiger partial charge is 0.497 e. The first-order valence-corrected chi connectivity index (χ1v) is 5.45. The molecule has 0 bridgehead atoms. The Balaban J connectivity index is 2.22. The number of benzene rings is 2. The lowest BCUT2D eigenvalue weighted by Gasteiger charge is -2.06. The van der Waals surface area contributed by atoms with E-state index in [2.05, 4.69) is 6.07 Å². The molecule has 16 heavy (non-hydrogen) atoms. The molecule has 0 atom stereocenters. The van der Waals surface area contributed by atoms with Crippen LogP contribution in [0.1, 0.15) is 11.1 Å². The summed E-state index contributed by atoms with van der Waals surface area (Å²) in [4.78, 5) is 0. The molecule has 0 aromatic heterocycles. The smallest absolute Gasteiger partial charge is 0.120 e. The minimum Gasteiger partial charge on any atom is -0.497 e. The van der Waals surface area contributed by atoms with Crippen LogP contribution in [0.3, 0.4) is 0 Å². The van der Waals surface area contributed by atoms with Crippen LogP contribution < -0.4 is 4.74 Å². The maximum absolute atomic E-state index is 6.17. The summed E-state index contributed by atoms with van der Waals surface area (Å²) in [5, 5.41) is 0.743. The van der Waals surface area contributed by atoms with Crippen molar-refractivity contribution in [2.75, 3.05) is 7.11 Å². The van der Waals surface area contributed by atoms with Gasteiger partial charge in [0.05, 0.1) is 7.11 Å². The van der Waals surface area contributed by atoms with Crippen LogP contribution in [0.2, 0.25) is 5.02 Å². The van der Waals surface area contributed by atoms with Crippen molar-refractivity contribution in [1.82, 2.24) is 0 Å². The van der Waals surface area contributed by atoms with E-state index in [4.69, 9.17) is 16.3 Å². The molecule has 0 amide bonds. The first-order chi connectivity index (χ1) is 7.79. The zero-order valence-corrected chi connectivity index (χ0v) is 9.79. The summed E-state index contributed by atoms with van der Waals surface area (Å²) in [5.74, 6) is 0.787. The van der Waals surface area contributed by atoms with Crippen molar-refractivity contribution in [1.29, 1.82) is 0 Å². The molecule has 1 nitrogen and oxygen atoms in total. The Bertz CT molecular complexity index is 465. The van der Waals surface area contributed by atoms with Crippen molar-refractivity contribution in [2.24, 2.45) is 0 Å². The SMILES string of the molecule is COc1ccc(Cc2cc[c]cc2)c(Cl)c1. The fourth-order valence-electron chi connectivity index (χ4n) is 1.56. The van der Waals surface area contributed by atoms with Gasteiger partial charge in [-0.05, 0) is 35.7 Å². The molecule has 2 aromatic carbocycles. The van der Waals surface area contributed by atoms with Crippen LogP contribution in [0.25, 0.3) is 0 Å². The van der Waals surface area contributed by atoms with E-state index < -0.39 is 0 Å². The number of hydrogen-bond donors (Lipinski definition) is 0. The van der Waals surface area contributed by atoms with Crippen molar-refractivity contribution >= 4 is 11.6 Å². The van der Waals surface area contributed by atoms with Crippen LogP contribution >= 0.6 is 11.6 Å². The molecule has 81 valence electrons. The maximum Gasteiger partial charge on any atom is 0.120 e. The molecule has 0 aliphatic carbocycles. The second-order valence-electron chi connectivity index (χ2n) is 3.54. The molecule has 0 fully saturated rings. The molecule has 0 heterocycles. The summed E-state index contributed by atoms with van der Waals surface area (Å²) in [6.07, 6.45) is 0.831. The van der Waals surface area contributed by atoms with Crippen molar-refractivity contribution in [3.05, 3.63) is 64.7 Å². The van der Waals surface area contributed by atoms with Crippen LogP contribution in [-0.4, -0.2) is 7.11 Å². The van der Waals surface area contributed by atoms with Gasteiger partial charge in [-0.1, -0.05) is 41.9 Å². The average Bonchev–Trinajstić information content (AvgIpc) is 2.33. The monoisotopic (exact) mass is 231 g/mol. The highest BCUT2D eigenvalue weighted by atomic mass is 35.5. The van der Waals surface area contributed by atoms with Crippen molar-refractivity contribution in [3.63, 3.8) is 0 Å². The molecule has 0 spiro atoms. The van der Waals surface area contributed by atoms with E-state index in [1.807, 2.05) is 42.5 Å². The third-order valence-corrected chi connectivity index (χ3v) is 2.79. The Morgan fingerprint density at radius 3 is 2.56 bits per heavy atom. The third-order valence-electron chi connectivity index (χ3n) is 2.44. The maximum atomic E-state index is 6.17. The van der Waals surface area contributed by atoms with E-state index in [1.165, 1.54) is 5.56 Å². The zero-order chi connectivity index (χ0) is 11.4. The van der Waals surface area contributed by atoms with E-state index in [0.29, 0.717) is 0 Å². The van der Waals surface area contributed by atoms with Gasteiger partial charge in [-0.3, -0.25) is 0 Å². The van der Waals surface area contributed by atoms with Crippen LogP contribution in [0.4, 0.5) is 0 Å². The van der Waals surface area contributed by atoms with Gasteiger partial charge in [0.1, 0.15) is 5.75 Å². The third kappa shape index (κ3) is 2.56. The van der Waals surface area contributed by atoms with Crippen molar-refractivity contribution in [3.8, 4) is 5.75 Å². The number of halogens is 1. The van der Waals surface area contributed by atoms with E-state index in [9.17, 15) is 0 Å². The molecular formula is C14H12ClO. The highest BCUT2D eigenvalue weighted by Crippen LogP contribution is 2.24. The number of ether oxygens (including phenoxy) is 1. The minimum absolute atomic E-state index is 0.743. The highest BCUT2D eigenvalue weighted by molar-refractivity contribution is 6.31. The van der Waals surface area contributed by atoms with Crippen LogP contribution in [0.15, 0.2) is 42.5 Å². The van der Waals surface area contributed by atoms with Crippen LogP contribution in [0, 0.1) is 6.07 Å². The first kappa shape index (κ1) is 11.0. The number of hydrogen-bond acceptors (Lipinski definition) is 1. The van der Waals surface area contributed by atoms with Crippen LogP contribution in [0.5, 0.6) is 5.75 Å². The van der Waals surface area contributed by atoms with Gasteiger partial charge in [-0.2, -0.15) is 0 Å². The quantitative estimate of drug-likeness (QED) is 0.782. The van der Waals surface area contributed by atoms with Gasteiger partial charge < -0.3 is 4.74 Å². The Labute approximate surface area is 101 Å². The minimum atomic E-state index is 0.743. The molecular weight excluding hydrogens is 220 g/mol. The Morgan fingerprint density at radius 2 is 1.94 bits per heavy atom. The predicted octanol–water partition coefficient (Wildman–Crippen LogP) is 3.74. The fourth-order valence-corrected chi connectivity index (χ4v) is 1.79. The lowest BCUT2D eigenvalue weighted by atomic mass is 10.1. The molecule has 0 unspecified atom stereocenters. The summed E-state index contributed by atoms with van der Waals surface area (Å²) >= 11 is 6.17. The van der Waals surface area contributed by atoms with E-state index in [1.54, 1.807) is 7.11 Å². The molecule has 0 saturated heterocycles. The van der Waals surface area contributed by atoms with Gasteiger partial charge in [0.15, 0.2) is 0 Å². The van der Waals surface area contributed by atoms with E-state index in [-0.39, 0.29) is 0 Å². The topological polar surface area (TPSA) is 9.23 Å². The molecule has 1 radical (unpaired) electrons. The van der Waals surface area contributed by atoms with Crippen molar-refractivity contribution in [2.45, 2.75) is 6.42 Å². The zero-order valence-electron chi connectivity index (χ0n) is 9.03. The van der Waals surface area contributed by atoms with Gasteiger partial charge in [-0.25, -0.2) is 0 Å². The second-order valence-corrected chi connectivity index (χ2v) is 3.95. The van der Waals surface area contributed by atoms with Gasteiger partial charge in [0, 0.05) is 5.02 Å². The lowest BCUT2D eigenvalue weighted by Crippen LogP contribution is -1.90. The van der Waals surface area contributed by atoms with Crippen LogP contribution in [-0.2, 0) is 6.42 Å². The number of rotatable bonds is 3. The molecule has 2 aromatic rings. The Morgan fingerprint density at radius 1 is 1.19 bits per heavy atom. The molecule has 0 aliphatic rings. The normalized spacial score (nSPS) is 10.1. The lowest BCUT2D eigenvalue weighted by molar-refractivity contribution is 0.414. The first-order valence-electron chi connectivity index (χ1n) is 5.07. The summed E-state index contributed by atoms with van der Waals surface area (Å²) in [6, 6.07) is 16.7. The van der Waals surface area contributed by atoms with Gasteiger partial charge in [0.2, 0.25) is 0 Å². The van der Waals surface area contributed by atoms with Crippen molar-refractivity contribution < 1.29 is 4.74 Å². The standard InChI is InChI=1S/C14H12ClO/c1-16-13-8-7-12(14(15)10-13)9-11-5-3-2-4-6-11/h3-8,10H,9H2,1H3. The average molecular weight is 232 g/mol. The Kier molecular flexibility index (Phi) is 3.47. The molecule has 2 heteroatoms. The predicted molar refractivity (Wildman–Crippen MR) is 66.1 cm³/mol. The summed E-state index contributed by atoms with van der Waals surface area (Å²) in [7, 11) is 1.64. The summed E-state index contributed by atoms with van der Waals surface area (Å²) in [5.41, 5.74) is 2.33. The van der Waals surface area contributed by atoms with Gasteiger partial charge in [0.25, 0.3) is 0 Å². The summed E-state index contributed by atoms with van der Waals surface area (Å²) < 4.78 is 5.11. The van der Waals surface area contributed by atoms with E-state index >= 15 is 0 Å². The van der Waals surface area contributed by atoms with Gasteiger partial charge >= 0.3 is 0 Å². The van der Waals surface area contributed by atoms with E-state index in [0.717, 1.165) is 22.8 Å². The molecule has 0 aliphatic heterocycles. The molecule has 0 saturated carbocycles. The molecule has 0 N–H and O–H groups in total. The second kappa shape index (κ2) is 5.04. The van der Waals surface area contributed by atoms with Gasteiger partial charge in [-0.15, -0.1) is 0 Å². The highest BCUT2D eigenvalue weighted by Gasteiger charge is 2.03. The Hall–Kier alpha value is -1.47. The summed E-state index contributed by atoms with van der Waals surface area (Å²) in [6.45, 7) is 0. The number of methoxy groups -OCH3 is 1. The molecule has 2 rings (SSSR count).